The minimum Gasteiger partial charge on any atom is -0.383 e. The number of carbonyl (C=O) groups excluding carboxylic acids is 1. The number of carbonyl (C=O) groups is 1. The van der Waals surface area contributed by atoms with Crippen molar-refractivity contribution in [3.8, 4) is 0 Å². The van der Waals surface area contributed by atoms with E-state index in [0.29, 0.717) is 31.1 Å². The third kappa shape index (κ3) is 4.05. The summed E-state index contributed by atoms with van der Waals surface area (Å²) in [4.78, 5) is 18.7. The Morgan fingerprint density at radius 1 is 1.27 bits per heavy atom. The smallest absolute Gasteiger partial charge is 0.258 e. The third-order valence-corrected chi connectivity index (χ3v) is 3.25. The lowest BCUT2D eigenvalue weighted by Crippen LogP contribution is -2.30. The SMILES string of the molecule is CCN(C(=O)c1ccnc(NCCOC)c1)c1ccccc1. The number of hydrogen-bond donors (Lipinski definition) is 1. The van der Waals surface area contributed by atoms with Gasteiger partial charge in [0.25, 0.3) is 5.91 Å². The molecular formula is C17H21N3O2. The molecule has 2 rings (SSSR count). The number of amides is 1. The Labute approximate surface area is 130 Å². The summed E-state index contributed by atoms with van der Waals surface area (Å²) in [7, 11) is 1.65. The molecular weight excluding hydrogens is 278 g/mol. The van der Waals surface area contributed by atoms with Crippen LogP contribution >= 0.6 is 0 Å². The maximum atomic E-state index is 12.7. The molecule has 0 fully saturated rings. The minimum atomic E-state index is -0.0362. The summed E-state index contributed by atoms with van der Waals surface area (Å²) in [5.41, 5.74) is 1.50. The molecule has 5 heteroatoms. The highest BCUT2D eigenvalue weighted by molar-refractivity contribution is 6.06. The van der Waals surface area contributed by atoms with Crippen LogP contribution in [0, 0.1) is 0 Å². The summed E-state index contributed by atoms with van der Waals surface area (Å²) in [6.45, 7) is 3.81. The number of rotatable bonds is 7. The van der Waals surface area contributed by atoms with Crippen LogP contribution in [0.5, 0.6) is 0 Å². The number of aromatic nitrogens is 1. The average Bonchev–Trinajstić information content (AvgIpc) is 2.57. The molecule has 0 aliphatic rings. The van der Waals surface area contributed by atoms with Crippen molar-refractivity contribution < 1.29 is 9.53 Å². The maximum absolute atomic E-state index is 12.7. The van der Waals surface area contributed by atoms with Gasteiger partial charge in [-0.25, -0.2) is 4.98 Å². The van der Waals surface area contributed by atoms with E-state index in [1.165, 1.54) is 0 Å². The summed E-state index contributed by atoms with van der Waals surface area (Å²) in [5.74, 6) is 0.637. The van der Waals surface area contributed by atoms with Crippen molar-refractivity contribution in [2.75, 3.05) is 37.0 Å². The van der Waals surface area contributed by atoms with E-state index < -0.39 is 0 Å². The fourth-order valence-corrected chi connectivity index (χ4v) is 2.15. The standard InChI is InChI=1S/C17H21N3O2/c1-3-20(15-7-5-4-6-8-15)17(21)14-9-10-18-16(13-14)19-11-12-22-2/h4-10,13H,3,11-12H2,1-2H3,(H,18,19). The monoisotopic (exact) mass is 299 g/mol. The van der Waals surface area contributed by atoms with Gasteiger partial charge in [-0.1, -0.05) is 18.2 Å². The Bertz CT molecular complexity index is 602. The van der Waals surface area contributed by atoms with Gasteiger partial charge in [0, 0.05) is 37.6 Å². The van der Waals surface area contributed by atoms with Crippen molar-refractivity contribution in [1.82, 2.24) is 4.98 Å². The van der Waals surface area contributed by atoms with Crippen LogP contribution in [0.25, 0.3) is 0 Å². The number of benzene rings is 1. The molecule has 0 aliphatic carbocycles. The quantitative estimate of drug-likeness (QED) is 0.799. The van der Waals surface area contributed by atoms with Gasteiger partial charge in [-0.15, -0.1) is 0 Å². The van der Waals surface area contributed by atoms with E-state index in [1.807, 2.05) is 37.3 Å². The van der Waals surface area contributed by atoms with Crippen LogP contribution in [0.1, 0.15) is 17.3 Å². The Morgan fingerprint density at radius 3 is 2.73 bits per heavy atom. The first kappa shape index (κ1) is 16.0. The fourth-order valence-electron chi connectivity index (χ4n) is 2.15. The van der Waals surface area contributed by atoms with Crippen LogP contribution < -0.4 is 10.2 Å². The van der Waals surface area contributed by atoms with Gasteiger partial charge in [0.2, 0.25) is 0 Å². The number of para-hydroxylation sites is 1. The number of anilines is 2. The molecule has 0 aliphatic heterocycles. The van der Waals surface area contributed by atoms with Gasteiger partial charge in [0.1, 0.15) is 5.82 Å². The van der Waals surface area contributed by atoms with Gasteiger partial charge in [-0.2, -0.15) is 0 Å². The van der Waals surface area contributed by atoms with Gasteiger partial charge in [-0.05, 0) is 31.2 Å². The first-order valence-electron chi connectivity index (χ1n) is 7.32. The predicted molar refractivity (Wildman–Crippen MR) is 88.4 cm³/mol. The van der Waals surface area contributed by atoms with Crippen LogP contribution in [-0.2, 0) is 4.74 Å². The number of ether oxygens (including phenoxy) is 1. The zero-order chi connectivity index (χ0) is 15.8. The second-order valence-corrected chi connectivity index (χ2v) is 4.73. The number of pyridine rings is 1. The fraction of sp³-hybridized carbons (Fsp3) is 0.294. The average molecular weight is 299 g/mol. The van der Waals surface area contributed by atoms with E-state index in [4.69, 9.17) is 4.74 Å². The molecule has 1 heterocycles. The largest absolute Gasteiger partial charge is 0.383 e. The molecule has 0 unspecified atom stereocenters. The number of methoxy groups -OCH3 is 1. The van der Waals surface area contributed by atoms with Crippen molar-refractivity contribution in [2.45, 2.75) is 6.92 Å². The molecule has 0 bridgehead atoms. The molecule has 0 spiro atoms. The molecule has 2 aromatic rings. The highest BCUT2D eigenvalue weighted by Gasteiger charge is 2.16. The third-order valence-electron chi connectivity index (χ3n) is 3.25. The van der Waals surface area contributed by atoms with E-state index >= 15 is 0 Å². The molecule has 116 valence electrons. The lowest BCUT2D eigenvalue weighted by molar-refractivity contribution is 0.0988. The number of nitrogens with one attached hydrogen (secondary N) is 1. The van der Waals surface area contributed by atoms with E-state index in [9.17, 15) is 4.79 Å². The van der Waals surface area contributed by atoms with Crippen molar-refractivity contribution in [3.63, 3.8) is 0 Å². The van der Waals surface area contributed by atoms with Crippen LogP contribution in [0.3, 0.4) is 0 Å². The van der Waals surface area contributed by atoms with Gasteiger partial charge in [0.05, 0.1) is 6.61 Å². The zero-order valence-electron chi connectivity index (χ0n) is 13.0. The summed E-state index contributed by atoms with van der Waals surface area (Å²) < 4.78 is 4.99. The molecule has 5 nitrogen and oxygen atoms in total. The van der Waals surface area contributed by atoms with E-state index in [1.54, 1.807) is 30.3 Å². The lowest BCUT2D eigenvalue weighted by atomic mass is 10.2. The van der Waals surface area contributed by atoms with Gasteiger partial charge < -0.3 is 15.0 Å². The second kappa shape index (κ2) is 8.14. The van der Waals surface area contributed by atoms with Gasteiger partial charge >= 0.3 is 0 Å². The lowest BCUT2D eigenvalue weighted by Gasteiger charge is -2.21. The number of hydrogen-bond acceptors (Lipinski definition) is 4. The normalized spacial score (nSPS) is 10.3. The highest BCUT2D eigenvalue weighted by Crippen LogP contribution is 2.17. The summed E-state index contributed by atoms with van der Waals surface area (Å²) in [6.07, 6.45) is 1.64. The molecule has 22 heavy (non-hydrogen) atoms. The summed E-state index contributed by atoms with van der Waals surface area (Å²) >= 11 is 0. The first-order chi connectivity index (χ1) is 10.8. The Balaban J connectivity index is 2.15. The summed E-state index contributed by atoms with van der Waals surface area (Å²) in [6, 6.07) is 13.1. The molecule has 0 saturated carbocycles. The van der Waals surface area contributed by atoms with Gasteiger partial charge in [0.15, 0.2) is 0 Å². The Kier molecular flexibility index (Phi) is 5.91. The Hall–Kier alpha value is -2.40. The zero-order valence-corrected chi connectivity index (χ0v) is 13.0. The molecule has 0 atom stereocenters. The Morgan fingerprint density at radius 2 is 2.05 bits per heavy atom. The van der Waals surface area contributed by atoms with E-state index in [0.717, 1.165) is 5.69 Å². The molecule has 1 amide bonds. The number of nitrogens with zero attached hydrogens (tertiary/aromatic N) is 2. The summed E-state index contributed by atoms with van der Waals surface area (Å²) in [5, 5.41) is 3.13. The van der Waals surface area contributed by atoms with Crippen LogP contribution in [-0.4, -0.2) is 37.7 Å². The highest BCUT2D eigenvalue weighted by atomic mass is 16.5. The van der Waals surface area contributed by atoms with Crippen molar-refractivity contribution >= 4 is 17.4 Å². The second-order valence-electron chi connectivity index (χ2n) is 4.73. The minimum absolute atomic E-state index is 0.0362. The predicted octanol–water partition coefficient (Wildman–Crippen LogP) is 2.81. The molecule has 1 N–H and O–H groups in total. The van der Waals surface area contributed by atoms with Crippen molar-refractivity contribution in [2.24, 2.45) is 0 Å². The van der Waals surface area contributed by atoms with Crippen LogP contribution in [0.4, 0.5) is 11.5 Å². The molecule has 0 saturated heterocycles. The van der Waals surface area contributed by atoms with Crippen LogP contribution in [0.15, 0.2) is 48.7 Å². The van der Waals surface area contributed by atoms with Crippen molar-refractivity contribution in [1.29, 1.82) is 0 Å². The van der Waals surface area contributed by atoms with E-state index in [2.05, 4.69) is 10.3 Å². The maximum Gasteiger partial charge on any atom is 0.258 e. The van der Waals surface area contributed by atoms with Gasteiger partial charge in [-0.3, -0.25) is 4.79 Å². The first-order valence-corrected chi connectivity index (χ1v) is 7.32. The molecule has 0 radical (unpaired) electrons. The van der Waals surface area contributed by atoms with Crippen LogP contribution in [0.2, 0.25) is 0 Å². The molecule has 1 aromatic heterocycles. The van der Waals surface area contributed by atoms with E-state index in [-0.39, 0.29) is 5.91 Å². The van der Waals surface area contributed by atoms with Crippen molar-refractivity contribution in [3.05, 3.63) is 54.2 Å². The molecule has 1 aromatic carbocycles. The topological polar surface area (TPSA) is 54.5 Å².